The van der Waals surface area contributed by atoms with Crippen molar-refractivity contribution in [2.45, 2.75) is 6.92 Å². The maximum absolute atomic E-state index is 12.9. The molecule has 0 atom stereocenters. The summed E-state index contributed by atoms with van der Waals surface area (Å²) in [5.41, 5.74) is 0.922. The van der Waals surface area contributed by atoms with Gasteiger partial charge in [-0.05, 0) is 30.7 Å². The predicted molar refractivity (Wildman–Crippen MR) is 58.9 cm³/mol. The smallest absolute Gasteiger partial charge is 0.258 e. The lowest BCUT2D eigenvalue weighted by molar-refractivity contribution is 0.102. The summed E-state index contributed by atoms with van der Waals surface area (Å²) in [6, 6.07) is 3.93. The molecule has 0 saturated heterocycles. The van der Waals surface area contributed by atoms with Crippen molar-refractivity contribution in [2.24, 2.45) is 0 Å². The monoisotopic (exact) mass is 232 g/mol. The van der Waals surface area contributed by atoms with Crippen LogP contribution in [0.3, 0.4) is 0 Å². The number of hydrogen-bond donors (Lipinski definition) is 1. The first kappa shape index (κ1) is 11.1. The number of amides is 1. The third-order valence-corrected chi connectivity index (χ3v) is 2.14. The highest BCUT2D eigenvalue weighted by Gasteiger charge is 2.10. The van der Waals surface area contributed by atoms with Gasteiger partial charge in [-0.2, -0.15) is 5.10 Å². The Balaban J connectivity index is 2.21. The topological polar surface area (TPSA) is 67.8 Å². The largest absolute Gasteiger partial charge is 0.289 e. The van der Waals surface area contributed by atoms with E-state index in [-0.39, 0.29) is 11.8 Å². The van der Waals surface area contributed by atoms with Gasteiger partial charge in [0.1, 0.15) is 5.82 Å². The molecule has 0 unspecified atom stereocenters. The number of benzene rings is 1. The minimum absolute atomic E-state index is 0.112. The molecule has 1 N–H and O–H groups in total. The molecule has 0 aliphatic heterocycles. The Morgan fingerprint density at radius 1 is 1.35 bits per heavy atom. The number of hydrogen-bond acceptors (Lipinski definition) is 4. The number of nitrogens with one attached hydrogen (secondary N) is 1. The van der Waals surface area contributed by atoms with Crippen molar-refractivity contribution in [1.29, 1.82) is 0 Å². The van der Waals surface area contributed by atoms with E-state index in [0.29, 0.717) is 11.1 Å². The number of carbonyl (C=O) groups is 1. The first-order chi connectivity index (χ1) is 8.16. The molecule has 2 aromatic rings. The Morgan fingerprint density at radius 3 is 2.82 bits per heavy atom. The molecule has 1 heterocycles. The third kappa shape index (κ3) is 2.60. The van der Waals surface area contributed by atoms with Crippen molar-refractivity contribution < 1.29 is 9.18 Å². The molecular weight excluding hydrogens is 223 g/mol. The molecule has 1 aromatic heterocycles. The van der Waals surface area contributed by atoms with Gasteiger partial charge in [-0.15, -0.1) is 5.10 Å². The summed E-state index contributed by atoms with van der Waals surface area (Å²) in [6.45, 7) is 1.65. The second-order valence-electron chi connectivity index (χ2n) is 3.38. The van der Waals surface area contributed by atoms with E-state index in [1.165, 1.54) is 30.6 Å². The van der Waals surface area contributed by atoms with Crippen LogP contribution >= 0.6 is 0 Å². The van der Waals surface area contributed by atoms with E-state index in [1.54, 1.807) is 6.92 Å². The van der Waals surface area contributed by atoms with Crippen LogP contribution in [0.5, 0.6) is 0 Å². The van der Waals surface area contributed by atoms with Crippen LogP contribution in [0.25, 0.3) is 0 Å². The van der Waals surface area contributed by atoms with E-state index in [4.69, 9.17) is 0 Å². The minimum Gasteiger partial charge on any atom is -0.289 e. The molecule has 0 radical (unpaired) electrons. The molecule has 2 rings (SSSR count). The maximum atomic E-state index is 12.9. The van der Waals surface area contributed by atoms with Crippen LogP contribution in [0, 0.1) is 12.7 Å². The molecule has 6 heteroatoms. The van der Waals surface area contributed by atoms with Crippen molar-refractivity contribution in [3.63, 3.8) is 0 Å². The molecule has 17 heavy (non-hydrogen) atoms. The third-order valence-electron chi connectivity index (χ3n) is 2.14. The van der Waals surface area contributed by atoms with E-state index in [2.05, 4.69) is 20.5 Å². The molecule has 0 spiro atoms. The molecule has 0 aliphatic carbocycles. The van der Waals surface area contributed by atoms with Gasteiger partial charge in [-0.1, -0.05) is 0 Å². The summed E-state index contributed by atoms with van der Waals surface area (Å²) in [5, 5.41) is 9.68. The number of carbonyl (C=O) groups excluding carboxylic acids is 1. The van der Waals surface area contributed by atoms with E-state index in [1.807, 2.05) is 0 Å². The lowest BCUT2D eigenvalue weighted by Gasteiger charge is -2.05. The van der Waals surface area contributed by atoms with Gasteiger partial charge in [-0.25, -0.2) is 9.37 Å². The van der Waals surface area contributed by atoms with Crippen LogP contribution in [-0.2, 0) is 0 Å². The first-order valence-electron chi connectivity index (χ1n) is 4.88. The van der Waals surface area contributed by atoms with Crippen LogP contribution < -0.4 is 5.32 Å². The fourth-order valence-electron chi connectivity index (χ4n) is 1.36. The van der Waals surface area contributed by atoms with Gasteiger partial charge in [0.05, 0.1) is 12.4 Å². The predicted octanol–water partition coefficient (Wildman–Crippen LogP) is 1.57. The minimum atomic E-state index is -0.393. The first-order valence-corrected chi connectivity index (χ1v) is 4.88. The number of halogens is 1. The zero-order valence-corrected chi connectivity index (χ0v) is 9.01. The molecule has 0 bridgehead atoms. The second kappa shape index (κ2) is 4.65. The molecule has 0 saturated carbocycles. The van der Waals surface area contributed by atoms with Crippen molar-refractivity contribution in [3.05, 3.63) is 47.5 Å². The van der Waals surface area contributed by atoms with Gasteiger partial charge in [0.2, 0.25) is 5.95 Å². The summed E-state index contributed by atoms with van der Waals surface area (Å²) in [5.74, 6) is -0.659. The Morgan fingerprint density at radius 2 is 2.18 bits per heavy atom. The average Bonchev–Trinajstić information content (AvgIpc) is 2.30. The van der Waals surface area contributed by atoms with Crippen LogP contribution in [0.4, 0.5) is 10.3 Å². The molecule has 86 valence electrons. The van der Waals surface area contributed by atoms with E-state index < -0.39 is 5.91 Å². The number of nitrogens with zero attached hydrogens (tertiary/aromatic N) is 3. The Bertz CT molecular complexity index is 544. The number of aromatic nitrogens is 3. The summed E-state index contributed by atoms with van der Waals surface area (Å²) in [7, 11) is 0. The zero-order valence-electron chi connectivity index (χ0n) is 9.01. The van der Waals surface area contributed by atoms with Crippen LogP contribution in [0.15, 0.2) is 30.6 Å². The fraction of sp³-hybridized carbons (Fsp3) is 0.0909. The molecule has 1 amide bonds. The van der Waals surface area contributed by atoms with Crippen LogP contribution in [-0.4, -0.2) is 21.1 Å². The van der Waals surface area contributed by atoms with Gasteiger partial charge < -0.3 is 0 Å². The van der Waals surface area contributed by atoms with Gasteiger partial charge in [-0.3, -0.25) is 10.1 Å². The molecule has 0 fully saturated rings. The highest BCUT2D eigenvalue weighted by molar-refractivity contribution is 6.04. The van der Waals surface area contributed by atoms with Crippen molar-refractivity contribution in [3.8, 4) is 0 Å². The number of aryl methyl sites for hydroxylation is 1. The molecule has 5 nitrogen and oxygen atoms in total. The van der Waals surface area contributed by atoms with Gasteiger partial charge in [0.25, 0.3) is 5.91 Å². The van der Waals surface area contributed by atoms with E-state index in [0.717, 1.165) is 0 Å². The molecular formula is C11H9FN4O. The molecule has 1 aromatic carbocycles. The quantitative estimate of drug-likeness (QED) is 0.853. The normalized spacial score (nSPS) is 10.0. The Hall–Kier alpha value is -2.37. The van der Waals surface area contributed by atoms with Crippen molar-refractivity contribution >= 4 is 11.9 Å². The summed E-state index contributed by atoms with van der Waals surface area (Å²) < 4.78 is 12.9. The van der Waals surface area contributed by atoms with Crippen molar-refractivity contribution in [1.82, 2.24) is 15.2 Å². The summed E-state index contributed by atoms with van der Waals surface area (Å²) in [6.07, 6.45) is 2.82. The number of rotatable bonds is 2. The zero-order chi connectivity index (χ0) is 12.3. The maximum Gasteiger partial charge on any atom is 0.258 e. The summed E-state index contributed by atoms with van der Waals surface area (Å²) in [4.78, 5) is 15.6. The lowest BCUT2D eigenvalue weighted by Crippen LogP contribution is -2.15. The van der Waals surface area contributed by atoms with Gasteiger partial charge >= 0.3 is 0 Å². The van der Waals surface area contributed by atoms with Crippen molar-refractivity contribution in [2.75, 3.05) is 5.32 Å². The van der Waals surface area contributed by atoms with Gasteiger partial charge in [0, 0.05) is 5.56 Å². The molecule has 0 aliphatic rings. The standard InChI is InChI=1S/C11H9FN4O/c1-7-6-8(12)2-3-9(7)10(17)15-11-13-4-5-14-16-11/h2-6H,1H3,(H,13,15,16,17). The number of anilines is 1. The summed E-state index contributed by atoms with van der Waals surface area (Å²) >= 11 is 0. The SMILES string of the molecule is Cc1cc(F)ccc1C(=O)Nc1nccnn1. The Kier molecular flexibility index (Phi) is 3.04. The van der Waals surface area contributed by atoms with Gasteiger partial charge in [0.15, 0.2) is 0 Å². The lowest BCUT2D eigenvalue weighted by atomic mass is 10.1. The average molecular weight is 232 g/mol. The fourth-order valence-corrected chi connectivity index (χ4v) is 1.36. The van der Waals surface area contributed by atoms with E-state index >= 15 is 0 Å². The Labute approximate surface area is 96.7 Å². The highest BCUT2D eigenvalue weighted by atomic mass is 19.1. The second-order valence-corrected chi connectivity index (χ2v) is 3.38. The van der Waals surface area contributed by atoms with Crippen LogP contribution in [0.2, 0.25) is 0 Å². The highest BCUT2D eigenvalue weighted by Crippen LogP contribution is 2.11. The van der Waals surface area contributed by atoms with Crippen LogP contribution in [0.1, 0.15) is 15.9 Å². The van der Waals surface area contributed by atoms with E-state index in [9.17, 15) is 9.18 Å².